The predicted octanol–water partition coefficient (Wildman–Crippen LogP) is 1.99. The van der Waals surface area contributed by atoms with E-state index in [-0.39, 0.29) is 12.8 Å². The first kappa shape index (κ1) is 18.6. The van der Waals surface area contributed by atoms with Crippen molar-refractivity contribution in [2.45, 2.75) is 18.9 Å². The van der Waals surface area contributed by atoms with Crippen molar-refractivity contribution in [1.29, 1.82) is 0 Å². The van der Waals surface area contributed by atoms with Gasteiger partial charge in [0, 0.05) is 18.7 Å². The zero-order chi connectivity index (χ0) is 19.4. The number of nitrogens with zero attached hydrogens (tertiary/aromatic N) is 1. The van der Waals surface area contributed by atoms with Crippen LogP contribution in [0.1, 0.15) is 12.0 Å². The molecule has 1 aliphatic rings. The van der Waals surface area contributed by atoms with E-state index in [9.17, 15) is 23.9 Å². The van der Waals surface area contributed by atoms with Crippen LogP contribution in [-0.2, 0) is 20.8 Å². The lowest BCUT2D eigenvalue weighted by Crippen LogP contribution is -2.46. The molecule has 0 radical (unpaired) electrons. The molecule has 1 aliphatic heterocycles. The molecular formula is C20H19FN2O4. The van der Waals surface area contributed by atoms with Crippen LogP contribution in [0.4, 0.5) is 10.1 Å². The predicted molar refractivity (Wildman–Crippen MR) is 96.6 cm³/mol. The van der Waals surface area contributed by atoms with Gasteiger partial charge in [-0.15, -0.1) is 0 Å². The Labute approximate surface area is 155 Å². The molecule has 140 valence electrons. The third kappa shape index (κ3) is 4.31. The largest absolute Gasteiger partial charge is 0.480 e. The van der Waals surface area contributed by atoms with Gasteiger partial charge >= 0.3 is 5.97 Å². The van der Waals surface area contributed by atoms with Gasteiger partial charge in [-0.25, -0.2) is 9.18 Å². The molecule has 1 saturated heterocycles. The second-order valence-corrected chi connectivity index (χ2v) is 6.40. The van der Waals surface area contributed by atoms with Crippen molar-refractivity contribution < 1.29 is 23.9 Å². The van der Waals surface area contributed by atoms with E-state index in [1.165, 1.54) is 29.2 Å². The van der Waals surface area contributed by atoms with Gasteiger partial charge in [0.15, 0.2) is 0 Å². The van der Waals surface area contributed by atoms with Crippen molar-refractivity contribution in [3.05, 3.63) is 66.0 Å². The van der Waals surface area contributed by atoms with Crippen molar-refractivity contribution >= 4 is 23.5 Å². The molecular weight excluding hydrogens is 351 g/mol. The first-order chi connectivity index (χ1) is 13.0. The summed E-state index contributed by atoms with van der Waals surface area (Å²) in [4.78, 5) is 38.0. The maximum atomic E-state index is 13.1. The van der Waals surface area contributed by atoms with Crippen molar-refractivity contribution in [3.8, 4) is 0 Å². The summed E-state index contributed by atoms with van der Waals surface area (Å²) in [5, 5.41) is 11.9. The molecule has 2 aromatic rings. The van der Waals surface area contributed by atoms with E-state index in [0.29, 0.717) is 12.2 Å². The van der Waals surface area contributed by atoms with Crippen LogP contribution in [0.5, 0.6) is 0 Å². The Morgan fingerprint density at radius 1 is 1.15 bits per heavy atom. The number of carboxylic acid groups (broad SMARTS) is 1. The van der Waals surface area contributed by atoms with E-state index in [2.05, 4.69) is 5.32 Å². The van der Waals surface area contributed by atoms with Gasteiger partial charge in [0.25, 0.3) is 0 Å². The minimum Gasteiger partial charge on any atom is -0.480 e. The lowest BCUT2D eigenvalue weighted by molar-refractivity contribution is -0.143. The highest BCUT2D eigenvalue weighted by atomic mass is 19.1. The van der Waals surface area contributed by atoms with Crippen LogP contribution >= 0.6 is 0 Å². The monoisotopic (exact) mass is 370 g/mol. The van der Waals surface area contributed by atoms with Crippen molar-refractivity contribution in [2.24, 2.45) is 5.92 Å². The van der Waals surface area contributed by atoms with Gasteiger partial charge in [-0.05, 0) is 36.2 Å². The van der Waals surface area contributed by atoms with Crippen molar-refractivity contribution in [2.75, 3.05) is 11.4 Å². The smallest absolute Gasteiger partial charge is 0.326 e. The summed E-state index contributed by atoms with van der Waals surface area (Å²) in [6.45, 7) is 0.318. The first-order valence-electron chi connectivity index (χ1n) is 8.60. The number of halogens is 1. The van der Waals surface area contributed by atoms with Crippen LogP contribution in [-0.4, -0.2) is 35.5 Å². The lowest BCUT2D eigenvalue weighted by atomic mass is 10.0. The molecule has 0 bridgehead atoms. The van der Waals surface area contributed by atoms with Crippen LogP contribution in [0.3, 0.4) is 0 Å². The second kappa shape index (κ2) is 7.99. The molecule has 0 aliphatic carbocycles. The zero-order valence-electron chi connectivity index (χ0n) is 14.5. The van der Waals surface area contributed by atoms with Crippen LogP contribution < -0.4 is 10.2 Å². The summed E-state index contributed by atoms with van der Waals surface area (Å²) in [5.74, 6) is -3.54. The molecule has 7 heteroatoms. The first-order valence-corrected chi connectivity index (χ1v) is 8.60. The fourth-order valence-electron chi connectivity index (χ4n) is 3.12. The molecule has 6 nitrogen and oxygen atoms in total. The molecule has 0 spiro atoms. The second-order valence-electron chi connectivity index (χ2n) is 6.40. The van der Waals surface area contributed by atoms with E-state index in [4.69, 9.17) is 0 Å². The van der Waals surface area contributed by atoms with Crippen molar-refractivity contribution in [3.63, 3.8) is 0 Å². The Bertz CT molecular complexity index is 839. The standard InChI is InChI=1S/C20H19FN2O4/c21-14-6-8-15(9-7-14)23-11-10-16(19(23)25)18(24)22-17(20(26)27)12-13-4-2-1-3-5-13/h1-9,16-17H,10-12H2,(H,22,24)(H,26,27)/t16?,17-/m0/s1. The van der Waals surface area contributed by atoms with Crippen LogP contribution in [0.15, 0.2) is 54.6 Å². The number of anilines is 1. The van der Waals surface area contributed by atoms with Crippen LogP contribution in [0.2, 0.25) is 0 Å². The van der Waals surface area contributed by atoms with Crippen LogP contribution in [0.25, 0.3) is 0 Å². The highest BCUT2D eigenvalue weighted by Crippen LogP contribution is 2.25. The molecule has 3 rings (SSSR count). The van der Waals surface area contributed by atoms with E-state index in [0.717, 1.165) is 5.56 Å². The number of carboxylic acids is 1. The minimum atomic E-state index is -1.16. The number of amides is 2. The Kier molecular flexibility index (Phi) is 5.49. The van der Waals surface area contributed by atoms with Crippen molar-refractivity contribution in [1.82, 2.24) is 5.32 Å². The fraction of sp³-hybridized carbons (Fsp3) is 0.250. The van der Waals surface area contributed by atoms with E-state index in [1.54, 1.807) is 24.3 Å². The molecule has 2 atom stereocenters. The Morgan fingerprint density at radius 2 is 1.81 bits per heavy atom. The zero-order valence-corrected chi connectivity index (χ0v) is 14.5. The molecule has 2 aromatic carbocycles. The number of carbonyl (C=O) groups is 3. The average molecular weight is 370 g/mol. The van der Waals surface area contributed by atoms with Gasteiger partial charge in [0.05, 0.1) is 0 Å². The highest BCUT2D eigenvalue weighted by molar-refractivity contribution is 6.10. The van der Waals surface area contributed by atoms with Crippen LogP contribution in [0, 0.1) is 11.7 Å². The molecule has 2 N–H and O–H groups in total. The number of hydrogen-bond acceptors (Lipinski definition) is 3. The topological polar surface area (TPSA) is 86.7 Å². The molecule has 1 unspecified atom stereocenters. The molecule has 27 heavy (non-hydrogen) atoms. The molecule has 0 aromatic heterocycles. The molecule has 1 fully saturated rings. The van der Waals surface area contributed by atoms with Gasteiger partial charge in [-0.1, -0.05) is 30.3 Å². The molecule has 1 heterocycles. The van der Waals surface area contributed by atoms with E-state index < -0.39 is 35.6 Å². The van der Waals surface area contributed by atoms with E-state index >= 15 is 0 Å². The molecule has 0 saturated carbocycles. The number of aliphatic carboxylic acids is 1. The van der Waals surface area contributed by atoms with Gasteiger partial charge in [0.1, 0.15) is 17.8 Å². The highest BCUT2D eigenvalue weighted by Gasteiger charge is 2.38. The Balaban J connectivity index is 1.67. The maximum Gasteiger partial charge on any atom is 0.326 e. The Morgan fingerprint density at radius 3 is 2.44 bits per heavy atom. The summed E-state index contributed by atoms with van der Waals surface area (Å²) in [6, 6.07) is 13.3. The van der Waals surface area contributed by atoms with E-state index in [1.807, 2.05) is 6.07 Å². The third-order valence-corrected chi connectivity index (χ3v) is 4.56. The number of rotatable bonds is 6. The summed E-state index contributed by atoms with van der Waals surface area (Å²) < 4.78 is 13.1. The third-order valence-electron chi connectivity index (χ3n) is 4.56. The minimum absolute atomic E-state index is 0.129. The maximum absolute atomic E-state index is 13.1. The van der Waals surface area contributed by atoms with Gasteiger partial charge in [0.2, 0.25) is 11.8 Å². The number of nitrogens with one attached hydrogen (secondary N) is 1. The summed E-state index contributed by atoms with van der Waals surface area (Å²) in [6.07, 6.45) is 0.407. The molecule has 2 amide bonds. The van der Waals surface area contributed by atoms with Gasteiger partial charge in [-0.2, -0.15) is 0 Å². The van der Waals surface area contributed by atoms with Gasteiger partial charge < -0.3 is 15.3 Å². The quantitative estimate of drug-likeness (QED) is 0.762. The SMILES string of the molecule is O=C(N[C@@H](Cc1ccccc1)C(=O)O)C1CCN(c2ccc(F)cc2)C1=O. The number of benzene rings is 2. The normalized spacial score (nSPS) is 17.6. The lowest BCUT2D eigenvalue weighted by Gasteiger charge is -2.19. The number of hydrogen-bond donors (Lipinski definition) is 2. The summed E-state index contributed by atoms with van der Waals surface area (Å²) in [5.41, 5.74) is 1.28. The number of carbonyl (C=O) groups excluding carboxylic acids is 2. The Hall–Kier alpha value is -3.22. The summed E-state index contributed by atoms with van der Waals surface area (Å²) >= 11 is 0. The summed E-state index contributed by atoms with van der Waals surface area (Å²) in [7, 11) is 0. The average Bonchev–Trinajstić information content (AvgIpc) is 3.04. The fourth-order valence-corrected chi connectivity index (χ4v) is 3.12. The van der Waals surface area contributed by atoms with Gasteiger partial charge in [-0.3, -0.25) is 9.59 Å².